The Morgan fingerprint density at radius 3 is 2.94 bits per heavy atom. The van der Waals surface area contributed by atoms with Gasteiger partial charge in [-0.25, -0.2) is 0 Å². The van der Waals surface area contributed by atoms with E-state index < -0.39 is 0 Å². The molecule has 0 bridgehead atoms. The van der Waals surface area contributed by atoms with Crippen molar-refractivity contribution in [3.63, 3.8) is 0 Å². The van der Waals surface area contributed by atoms with E-state index in [4.69, 9.17) is 0 Å². The molecule has 0 radical (unpaired) electrons. The maximum Gasteiger partial charge on any atom is 0.270 e. The van der Waals surface area contributed by atoms with Crippen LogP contribution in [0.25, 0.3) is 0 Å². The van der Waals surface area contributed by atoms with Gasteiger partial charge >= 0.3 is 0 Å². The highest BCUT2D eigenvalue weighted by Gasteiger charge is 2.33. The van der Waals surface area contributed by atoms with Crippen molar-refractivity contribution in [2.45, 2.75) is 31.8 Å². The summed E-state index contributed by atoms with van der Waals surface area (Å²) in [6.45, 7) is 1.51. The molecule has 1 amide bonds. The van der Waals surface area contributed by atoms with Gasteiger partial charge in [0.15, 0.2) is 0 Å². The Morgan fingerprint density at radius 1 is 1.19 bits per heavy atom. The van der Waals surface area contributed by atoms with Crippen LogP contribution in [0, 0.1) is 0 Å². The number of nitrogens with zero attached hydrogens (tertiary/aromatic N) is 2. The molecule has 1 aromatic heterocycles. The lowest BCUT2D eigenvalue weighted by Crippen LogP contribution is -2.52. The first-order valence-corrected chi connectivity index (χ1v) is 5.78. The molecule has 0 saturated carbocycles. The molecule has 4 heteroatoms. The van der Waals surface area contributed by atoms with Crippen molar-refractivity contribution in [3.8, 4) is 0 Å². The summed E-state index contributed by atoms with van der Waals surface area (Å²) in [7, 11) is 0. The number of aromatic nitrogens is 1. The highest BCUT2D eigenvalue weighted by Crippen LogP contribution is 2.24. The van der Waals surface area contributed by atoms with Crippen LogP contribution in [0.15, 0.2) is 23.0 Å². The smallest absolute Gasteiger partial charge is 0.270 e. The van der Waals surface area contributed by atoms with Crippen LogP contribution in [-0.4, -0.2) is 28.0 Å². The van der Waals surface area contributed by atoms with Gasteiger partial charge in [0.2, 0.25) is 0 Å². The zero-order valence-electron chi connectivity index (χ0n) is 9.06. The fourth-order valence-electron chi connectivity index (χ4n) is 2.71. The summed E-state index contributed by atoms with van der Waals surface area (Å²) < 4.78 is 1.62. The van der Waals surface area contributed by atoms with Crippen molar-refractivity contribution < 1.29 is 4.79 Å². The number of rotatable bonds is 0. The first kappa shape index (κ1) is 9.63. The van der Waals surface area contributed by atoms with Gasteiger partial charge in [0, 0.05) is 19.2 Å². The zero-order valence-corrected chi connectivity index (χ0v) is 9.06. The second-order valence-electron chi connectivity index (χ2n) is 4.51. The first-order valence-electron chi connectivity index (χ1n) is 5.78. The maximum atomic E-state index is 12.2. The standard InChI is InChI=1S/C12H14N2O2/c15-11-6-3-5-10-12(16)13-7-2-1-4-9(13)8-14(10)11/h3,5-6,9H,1-2,4,7-8H2. The monoisotopic (exact) mass is 218 g/mol. The summed E-state index contributed by atoms with van der Waals surface area (Å²) in [5.41, 5.74) is 0.488. The highest BCUT2D eigenvalue weighted by molar-refractivity contribution is 5.93. The minimum atomic E-state index is -0.0592. The lowest BCUT2D eigenvalue weighted by Gasteiger charge is -2.40. The number of amides is 1. The molecular weight excluding hydrogens is 204 g/mol. The number of piperidine rings is 1. The van der Waals surface area contributed by atoms with Crippen LogP contribution in [0.5, 0.6) is 0 Å². The molecule has 84 valence electrons. The molecule has 1 saturated heterocycles. The molecule has 2 aliphatic rings. The lowest BCUT2D eigenvalue weighted by molar-refractivity contribution is 0.0508. The van der Waals surface area contributed by atoms with Gasteiger partial charge in [-0.05, 0) is 25.3 Å². The summed E-state index contributed by atoms with van der Waals surface area (Å²) in [6.07, 6.45) is 3.26. The number of hydrogen-bond acceptors (Lipinski definition) is 2. The number of pyridine rings is 1. The topological polar surface area (TPSA) is 42.3 Å². The average molecular weight is 218 g/mol. The second kappa shape index (κ2) is 3.47. The van der Waals surface area contributed by atoms with Gasteiger partial charge < -0.3 is 9.47 Å². The highest BCUT2D eigenvalue weighted by atomic mass is 16.2. The quantitative estimate of drug-likeness (QED) is 0.648. The van der Waals surface area contributed by atoms with E-state index in [-0.39, 0.29) is 17.5 Å². The van der Waals surface area contributed by atoms with Crippen LogP contribution in [0.1, 0.15) is 29.8 Å². The van der Waals surface area contributed by atoms with E-state index in [1.165, 1.54) is 6.07 Å². The lowest BCUT2D eigenvalue weighted by atomic mass is 9.99. The van der Waals surface area contributed by atoms with Crippen molar-refractivity contribution in [1.82, 2.24) is 9.47 Å². The van der Waals surface area contributed by atoms with E-state index in [1.54, 1.807) is 16.7 Å². The molecule has 0 spiro atoms. The molecule has 1 unspecified atom stereocenters. The second-order valence-corrected chi connectivity index (χ2v) is 4.51. The van der Waals surface area contributed by atoms with Gasteiger partial charge in [-0.1, -0.05) is 6.07 Å². The van der Waals surface area contributed by atoms with Crippen LogP contribution in [0.4, 0.5) is 0 Å². The van der Waals surface area contributed by atoms with Gasteiger partial charge in [0.25, 0.3) is 11.5 Å². The zero-order chi connectivity index (χ0) is 11.1. The normalized spacial score (nSPS) is 23.9. The van der Waals surface area contributed by atoms with Crippen molar-refractivity contribution in [2.24, 2.45) is 0 Å². The first-order chi connectivity index (χ1) is 7.77. The van der Waals surface area contributed by atoms with Crippen molar-refractivity contribution in [3.05, 3.63) is 34.2 Å². The third-order valence-corrected chi connectivity index (χ3v) is 3.55. The number of fused-ring (bicyclic) bond motifs is 2. The molecule has 0 aromatic carbocycles. The molecule has 1 fully saturated rings. The van der Waals surface area contributed by atoms with E-state index in [2.05, 4.69) is 0 Å². The molecule has 3 heterocycles. The van der Waals surface area contributed by atoms with E-state index in [0.717, 1.165) is 25.8 Å². The summed E-state index contributed by atoms with van der Waals surface area (Å²) in [5.74, 6) is 0.0219. The molecule has 1 atom stereocenters. The van der Waals surface area contributed by atoms with Crippen molar-refractivity contribution in [2.75, 3.05) is 6.54 Å². The molecular formula is C12H14N2O2. The Balaban J connectivity index is 2.10. The van der Waals surface area contributed by atoms with Crippen LogP contribution in [0.2, 0.25) is 0 Å². The van der Waals surface area contributed by atoms with Gasteiger partial charge in [-0.15, -0.1) is 0 Å². The van der Waals surface area contributed by atoms with Crippen LogP contribution >= 0.6 is 0 Å². The van der Waals surface area contributed by atoms with Crippen LogP contribution in [0.3, 0.4) is 0 Å². The molecule has 3 rings (SSSR count). The van der Waals surface area contributed by atoms with Crippen LogP contribution < -0.4 is 5.56 Å². The molecule has 4 nitrogen and oxygen atoms in total. The fraction of sp³-hybridized carbons (Fsp3) is 0.500. The SMILES string of the molecule is O=C1c2cccc(=O)n2CC2CCCCN12. The van der Waals surface area contributed by atoms with Crippen LogP contribution in [-0.2, 0) is 6.54 Å². The Labute approximate surface area is 93.5 Å². The Hall–Kier alpha value is -1.58. The minimum Gasteiger partial charge on any atom is -0.333 e. The van der Waals surface area contributed by atoms with E-state index in [1.807, 2.05) is 4.90 Å². The van der Waals surface area contributed by atoms with Gasteiger partial charge in [0.05, 0.1) is 6.04 Å². The Bertz CT molecular complexity index is 492. The van der Waals surface area contributed by atoms with E-state index in [9.17, 15) is 9.59 Å². The van der Waals surface area contributed by atoms with Crippen molar-refractivity contribution >= 4 is 5.91 Å². The van der Waals surface area contributed by atoms with Gasteiger partial charge in [-0.3, -0.25) is 9.59 Å². The largest absolute Gasteiger partial charge is 0.333 e. The summed E-state index contributed by atoms with van der Waals surface area (Å²) in [4.78, 5) is 25.8. The summed E-state index contributed by atoms with van der Waals surface area (Å²) >= 11 is 0. The fourth-order valence-corrected chi connectivity index (χ4v) is 2.71. The average Bonchev–Trinajstić information content (AvgIpc) is 2.31. The predicted octanol–water partition coefficient (Wildman–Crippen LogP) is 0.857. The number of carbonyl (C=O) groups excluding carboxylic acids is 1. The molecule has 1 aromatic rings. The molecule has 16 heavy (non-hydrogen) atoms. The van der Waals surface area contributed by atoms with Crippen molar-refractivity contribution in [1.29, 1.82) is 0 Å². The Morgan fingerprint density at radius 2 is 2.06 bits per heavy atom. The number of carbonyl (C=O) groups is 1. The third-order valence-electron chi connectivity index (χ3n) is 3.55. The summed E-state index contributed by atoms with van der Waals surface area (Å²) in [5, 5.41) is 0. The van der Waals surface area contributed by atoms with E-state index in [0.29, 0.717) is 12.2 Å². The molecule has 0 aliphatic carbocycles. The van der Waals surface area contributed by atoms with Gasteiger partial charge in [0.1, 0.15) is 5.69 Å². The summed E-state index contributed by atoms with van der Waals surface area (Å²) in [6, 6.07) is 5.16. The predicted molar refractivity (Wildman–Crippen MR) is 59.4 cm³/mol. The molecule has 0 N–H and O–H groups in total. The van der Waals surface area contributed by atoms with E-state index >= 15 is 0 Å². The van der Waals surface area contributed by atoms with Gasteiger partial charge in [-0.2, -0.15) is 0 Å². The maximum absolute atomic E-state index is 12.2. The minimum absolute atomic E-state index is 0.0219. The molecule has 2 aliphatic heterocycles. The number of hydrogen-bond donors (Lipinski definition) is 0. The Kier molecular flexibility index (Phi) is 2.09. The third kappa shape index (κ3) is 1.29.